The van der Waals surface area contributed by atoms with E-state index in [0.29, 0.717) is 6.04 Å². The molecule has 0 saturated heterocycles. The van der Waals surface area contributed by atoms with Gasteiger partial charge in [0.05, 0.1) is 7.11 Å². The topological polar surface area (TPSA) is 38.3 Å². The molecule has 3 rings (SSSR count). The zero-order valence-electron chi connectivity index (χ0n) is 15.6. The van der Waals surface area contributed by atoms with E-state index in [-0.39, 0.29) is 5.91 Å². The molecule has 0 radical (unpaired) electrons. The fourth-order valence-corrected chi connectivity index (χ4v) is 4.22. The first kappa shape index (κ1) is 18.8. The molecule has 138 valence electrons. The van der Waals surface area contributed by atoms with Crippen molar-refractivity contribution in [3.63, 3.8) is 0 Å². The molecule has 2 aromatic rings. The Bertz CT molecular complexity index is 736. The summed E-state index contributed by atoms with van der Waals surface area (Å²) in [7, 11) is 1.68. The number of amides is 1. The number of benzene rings is 2. The summed E-state index contributed by atoms with van der Waals surface area (Å²) in [6, 6.07) is 14.6. The van der Waals surface area contributed by atoms with Crippen LogP contribution in [0.5, 0.6) is 5.75 Å². The number of aryl methyl sites for hydroxylation is 1. The van der Waals surface area contributed by atoms with Gasteiger partial charge in [-0.1, -0.05) is 37.0 Å². The third kappa shape index (κ3) is 5.04. The molecule has 0 atom stereocenters. The second kappa shape index (κ2) is 9.13. The van der Waals surface area contributed by atoms with Crippen molar-refractivity contribution >= 4 is 17.7 Å². The van der Waals surface area contributed by atoms with Gasteiger partial charge < -0.3 is 10.1 Å². The number of nitrogens with one attached hydrogen (secondary N) is 1. The Morgan fingerprint density at radius 1 is 1.12 bits per heavy atom. The summed E-state index contributed by atoms with van der Waals surface area (Å²) in [6.45, 7) is 2.09. The maximum atomic E-state index is 12.6. The summed E-state index contributed by atoms with van der Waals surface area (Å²) in [5, 5.41) is 3.19. The largest absolute Gasteiger partial charge is 0.496 e. The number of methoxy groups -OCH3 is 1. The lowest BCUT2D eigenvalue weighted by atomic mass is 9.95. The van der Waals surface area contributed by atoms with Crippen LogP contribution in [0.15, 0.2) is 47.4 Å². The fourth-order valence-electron chi connectivity index (χ4n) is 3.34. The average Bonchev–Trinajstić information content (AvgIpc) is 2.68. The van der Waals surface area contributed by atoms with Gasteiger partial charge in [-0.05, 0) is 50.1 Å². The molecule has 4 heteroatoms. The normalized spacial score (nSPS) is 14.8. The summed E-state index contributed by atoms with van der Waals surface area (Å²) < 4.78 is 5.49. The number of hydrogen-bond donors (Lipinski definition) is 1. The number of rotatable bonds is 6. The lowest BCUT2D eigenvalue weighted by molar-refractivity contribution is 0.0927. The summed E-state index contributed by atoms with van der Waals surface area (Å²) in [5.74, 6) is 1.64. The van der Waals surface area contributed by atoms with Gasteiger partial charge in [-0.25, -0.2) is 0 Å². The first-order valence-electron chi connectivity index (χ1n) is 9.33. The van der Waals surface area contributed by atoms with E-state index in [9.17, 15) is 4.79 Å². The minimum atomic E-state index is 0.0288. The van der Waals surface area contributed by atoms with Crippen LogP contribution in [-0.2, 0) is 5.75 Å². The number of thioether (sulfide) groups is 1. The highest BCUT2D eigenvalue weighted by Crippen LogP contribution is 2.29. The Kier molecular flexibility index (Phi) is 6.62. The maximum absolute atomic E-state index is 12.6. The van der Waals surface area contributed by atoms with Crippen LogP contribution < -0.4 is 10.1 Å². The van der Waals surface area contributed by atoms with Gasteiger partial charge in [0.25, 0.3) is 5.91 Å². The van der Waals surface area contributed by atoms with Crippen molar-refractivity contribution in [3.05, 3.63) is 59.2 Å². The average molecular weight is 370 g/mol. The summed E-state index contributed by atoms with van der Waals surface area (Å²) in [5.41, 5.74) is 3.03. The van der Waals surface area contributed by atoms with E-state index in [2.05, 4.69) is 36.5 Å². The molecule has 1 fully saturated rings. The maximum Gasteiger partial charge on any atom is 0.251 e. The fraction of sp³-hybridized carbons (Fsp3) is 0.409. The van der Waals surface area contributed by atoms with Crippen molar-refractivity contribution in [2.45, 2.75) is 55.7 Å². The first-order valence-corrected chi connectivity index (χ1v) is 10.3. The zero-order chi connectivity index (χ0) is 18.4. The van der Waals surface area contributed by atoms with Gasteiger partial charge in [-0.3, -0.25) is 4.79 Å². The summed E-state index contributed by atoms with van der Waals surface area (Å²) in [4.78, 5) is 13.8. The molecule has 26 heavy (non-hydrogen) atoms. The molecule has 1 aliphatic rings. The highest BCUT2D eigenvalue weighted by molar-refractivity contribution is 7.98. The third-order valence-corrected chi connectivity index (χ3v) is 5.96. The lowest BCUT2D eigenvalue weighted by Gasteiger charge is -2.23. The minimum absolute atomic E-state index is 0.0288. The van der Waals surface area contributed by atoms with E-state index in [1.54, 1.807) is 18.9 Å². The Labute approximate surface area is 160 Å². The minimum Gasteiger partial charge on any atom is -0.496 e. The Morgan fingerprint density at radius 3 is 2.54 bits per heavy atom. The van der Waals surface area contributed by atoms with Crippen LogP contribution in [0.2, 0.25) is 0 Å². The molecule has 2 aromatic carbocycles. The van der Waals surface area contributed by atoms with Gasteiger partial charge in [0.1, 0.15) is 5.75 Å². The second-order valence-electron chi connectivity index (χ2n) is 6.94. The summed E-state index contributed by atoms with van der Waals surface area (Å²) in [6.07, 6.45) is 5.91. The molecular weight excluding hydrogens is 342 g/mol. The number of carbonyl (C=O) groups excluding carboxylic acids is 1. The van der Waals surface area contributed by atoms with E-state index >= 15 is 0 Å². The molecule has 1 N–H and O–H groups in total. The van der Waals surface area contributed by atoms with E-state index in [0.717, 1.165) is 35.5 Å². The van der Waals surface area contributed by atoms with Crippen LogP contribution >= 0.6 is 11.8 Å². The Morgan fingerprint density at radius 2 is 1.85 bits per heavy atom. The van der Waals surface area contributed by atoms with Gasteiger partial charge in [-0.2, -0.15) is 0 Å². The van der Waals surface area contributed by atoms with E-state index in [4.69, 9.17) is 4.74 Å². The van der Waals surface area contributed by atoms with Gasteiger partial charge in [0, 0.05) is 27.8 Å². The van der Waals surface area contributed by atoms with Crippen molar-refractivity contribution < 1.29 is 9.53 Å². The van der Waals surface area contributed by atoms with Crippen molar-refractivity contribution in [1.29, 1.82) is 0 Å². The van der Waals surface area contributed by atoms with Crippen LogP contribution in [0.4, 0.5) is 0 Å². The molecule has 3 nitrogen and oxygen atoms in total. The van der Waals surface area contributed by atoms with E-state index in [1.807, 2.05) is 18.2 Å². The lowest BCUT2D eigenvalue weighted by Crippen LogP contribution is -2.36. The van der Waals surface area contributed by atoms with Crippen molar-refractivity contribution in [2.24, 2.45) is 0 Å². The molecular formula is C22H27NO2S. The van der Waals surface area contributed by atoms with Gasteiger partial charge in [-0.15, -0.1) is 11.8 Å². The molecule has 0 aromatic heterocycles. The van der Waals surface area contributed by atoms with Gasteiger partial charge in [0.2, 0.25) is 0 Å². The van der Waals surface area contributed by atoms with Gasteiger partial charge >= 0.3 is 0 Å². The zero-order valence-corrected chi connectivity index (χ0v) is 16.4. The standard InChI is InChI=1S/C22H27NO2S/c1-16-8-11-20(12-9-16)26-15-18-14-17(10-13-21(18)25-2)22(24)23-19-6-4-3-5-7-19/h8-14,19H,3-7,15H2,1-2H3,(H,23,24). The van der Waals surface area contributed by atoms with Crippen molar-refractivity contribution in [2.75, 3.05) is 7.11 Å². The number of ether oxygens (including phenoxy) is 1. The molecule has 1 amide bonds. The molecule has 1 aliphatic carbocycles. The van der Waals surface area contributed by atoms with Gasteiger partial charge in [0.15, 0.2) is 0 Å². The molecule has 1 saturated carbocycles. The SMILES string of the molecule is COc1ccc(C(=O)NC2CCCCC2)cc1CSc1ccc(C)cc1. The van der Waals surface area contributed by atoms with E-state index in [1.165, 1.54) is 29.7 Å². The van der Waals surface area contributed by atoms with E-state index < -0.39 is 0 Å². The molecule has 0 aliphatic heterocycles. The third-order valence-electron chi connectivity index (χ3n) is 4.90. The van der Waals surface area contributed by atoms with Crippen LogP contribution in [-0.4, -0.2) is 19.1 Å². The Balaban J connectivity index is 1.68. The Hall–Kier alpha value is -1.94. The molecule has 0 heterocycles. The smallest absolute Gasteiger partial charge is 0.251 e. The predicted molar refractivity (Wildman–Crippen MR) is 108 cm³/mol. The van der Waals surface area contributed by atoms with Crippen molar-refractivity contribution in [3.8, 4) is 5.75 Å². The molecule has 0 unspecified atom stereocenters. The molecule has 0 bridgehead atoms. The van der Waals surface area contributed by atoms with Crippen LogP contribution in [0.1, 0.15) is 53.6 Å². The van der Waals surface area contributed by atoms with Crippen LogP contribution in [0.3, 0.4) is 0 Å². The first-order chi connectivity index (χ1) is 12.7. The monoisotopic (exact) mass is 369 g/mol. The van der Waals surface area contributed by atoms with Crippen LogP contribution in [0.25, 0.3) is 0 Å². The quantitative estimate of drug-likeness (QED) is 0.697. The number of hydrogen-bond acceptors (Lipinski definition) is 3. The number of carbonyl (C=O) groups is 1. The highest BCUT2D eigenvalue weighted by Gasteiger charge is 2.17. The molecule has 0 spiro atoms. The second-order valence-corrected chi connectivity index (χ2v) is 7.99. The summed E-state index contributed by atoms with van der Waals surface area (Å²) >= 11 is 1.76. The van der Waals surface area contributed by atoms with Crippen molar-refractivity contribution in [1.82, 2.24) is 5.32 Å². The van der Waals surface area contributed by atoms with Crippen LogP contribution in [0, 0.1) is 6.92 Å². The predicted octanol–water partition coefficient (Wildman–Crippen LogP) is 5.36. The highest BCUT2D eigenvalue weighted by atomic mass is 32.2.